The molecule has 0 bridgehead atoms. The van der Waals surface area contributed by atoms with Crippen LogP contribution in [0.3, 0.4) is 0 Å². The molecule has 3 atom stereocenters. The highest BCUT2D eigenvalue weighted by atomic mass is 19.1. The van der Waals surface area contributed by atoms with Gasteiger partial charge in [-0.1, -0.05) is 24.0 Å². The van der Waals surface area contributed by atoms with Crippen molar-refractivity contribution in [1.29, 1.82) is 0 Å². The van der Waals surface area contributed by atoms with E-state index >= 15 is 0 Å². The predicted molar refractivity (Wildman–Crippen MR) is 146 cm³/mol. The van der Waals surface area contributed by atoms with Gasteiger partial charge in [0.2, 0.25) is 0 Å². The van der Waals surface area contributed by atoms with Crippen LogP contribution in [0, 0.1) is 23.5 Å². The Labute approximate surface area is 227 Å². The lowest BCUT2D eigenvalue weighted by molar-refractivity contribution is -0.0585. The fourth-order valence-corrected chi connectivity index (χ4v) is 5.52. The maximum atomic E-state index is 13.9. The number of hydrogen-bond donors (Lipinski definition) is 2. The quantitative estimate of drug-likeness (QED) is 0.474. The summed E-state index contributed by atoms with van der Waals surface area (Å²) in [7, 11) is 1.60. The van der Waals surface area contributed by atoms with Crippen LogP contribution in [0.2, 0.25) is 0 Å². The Bertz CT molecular complexity index is 1370. The number of nitrogens with zero attached hydrogens (tertiary/aromatic N) is 2. The van der Waals surface area contributed by atoms with E-state index in [1.165, 1.54) is 12.1 Å². The van der Waals surface area contributed by atoms with Crippen molar-refractivity contribution >= 4 is 11.7 Å². The van der Waals surface area contributed by atoms with Gasteiger partial charge in [0.25, 0.3) is 0 Å². The van der Waals surface area contributed by atoms with Gasteiger partial charge in [-0.15, -0.1) is 0 Å². The second-order valence-electron chi connectivity index (χ2n) is 9.89. The Morgan fingerprint density at radius 1 is 1.03 bits per heavy atom. The minimum Gasteiger partial charge on any atom is -0.497 e. The number of ether oxygens (including phenoxy) is 1. The summed E-state index contributed by atoms with van der Waals surface area (Å²) in [4.78, 5) is 17.4. The molecule has 0 aliphatic carbocycles. The van der Waals surface area contributed by atoms with Gasteiger partial charge >= 0.3 is 6.03 Å². The molecule has 39 heavy (non-hydrogen) atoms. The lowest BCUT2D eigenvalue weighted by atomic mass is 9.74. The molecule has 2 saturated heterocycles. The summed E-state index contributed by atoms with van der Waals surface area (Å²) in [6, 6.07) is 18.2. The maximum absolute atomic E-state index is 13.9. The molecule has 2 aliphatic heterocycles. The van der Waals surface area contributed by atoms with Crippen LogP contribution < -0.4 is 10.1 Å². The van der Waals surface area contributed by atoms with Crippen LogP contribution in [-0.2, 0) is 0 Å². The average molecular weight is 532 g/mol. The van der Waals surface area contributed by atoms with Crippen LogP contribution in [0.15, 0.2) is 66.7 Å². The van der Waals surface area contributed by atoms with E-state index in [2.05, 4.69) is 22.1 Å². The lowest BCUT2D eigenvalue weighted by Crippen LogP contribution is -2.68. The molecule has 2 N–H and O–H groups in total. The maximum Gasteiger partial charge on any atom is 0.321 e. The van der Waals surface area contributed by atoms with Crippen molar-refractivity contribution in [3.8, 4) is 17.6 Å². The van der Waals surface area contributed by atoms with E-state index in [0.717, 1.165) is 36.8 Å². The largest absolute Gasteiger partial charge is 0.497 e. The summed E-state index contributed by atoms with van der Waals surface area (Å²) in [6.07, 6.45) is 1.84. The normalized spacial score (nSPS) is 20.9. The number of hydrogen-bond acceptors (Lipinski definition) is 4. The summed E-state index contributed by atoms with van der Waals surface area (Å²) in [5.41, 5.74) is 2.61. The van der Waals surface area contributed by atoms with E-state index in [0.29, 0.717) is 24.3 Å². The van der Waals surface area contributed by atoms with Gasteiger partial charge in [0.1, 0.15) is 17.4 Å². The van der Waals surface area contributed by atoms with E-state index in [9.17, 15) is 18.7 Å². The molecule has 3 aromatic rings. The van der Waals surface area contributed by atoms with Crippen molar-refractivity contribution in [2.45, 2.75) is 30.8 Å². The van der Waals surface area contributed by atoms with Crippen molar-refractivity contribution in [2.24, 2.45) is 0 Å². The number of aliphatic hydroxyl groups is 1. The number of anilines is 1. The minimum absolute atomic E-state index is 0.0233. The van der Waals surface area contributed by atoms with E-state index in [4.69, 9.17) is 4.74 Å². The molecule has 5 rings (SSSR count). The van der Waals surface area contributed by atoms with Gasteiger partial charge in [-0.2, -0.15) is 0 Å². The Hall–Kier alpha value is -3.93. The van der Waals surface area contributed by atoms with Crippen molar-refractivity contribution in [2.75, 3.05) is 38.7 Å². The highest BCUT2D eigenvalue weighted by Gasteiger charge is 2.49. The van der Waals surface area contributed by atoms with Crippen molar-refractivity contribution in [3.05, 3.63) is 95.1 Å². The molecular formula is C31H31F2N3O3. The van der Waals surface area contributed by atoms with Crippen molar-refractivity contribution < 1.29 is 23.4 Å². The Balaban J connectivity index is 1.30. The van der Waals surface area contributed by atoms with E-state index in [-0.39, 0.29) is 36.2 Å². The monoisotopic (exact) mass is 531 g/mol. The first-order valence-electron chi connectivity index (χ1n) is 13.1. The van der Waals surface area contributed by atoms with E-state index < -0.39 is 11.6 Å². The summed E-state index contributed by atoms with van der Waals surface area (Å²) >= 11 is 0. The SMILES string of the molecule is COc1ccc(NC(=O)N2CCCCN3[C@H](CO)[C@H](c4ccc(C#Cc5ccc(F)cc5F)cc4)[C@@H]3C2)cc1. The first-order chi connectivity index (χ1) is 19.0. The van der Waals surface area contributed by atoms with Gasteiger partial charge in [-0.05, 0) is 73.5 Å². The number of carbonyl (C=O) groups excluding carboxylic acids is 1. The van der Waals surface area contributed by atoms with Crippen LogP contribution in [0.4, 0.5) is 19.3 Å². The minimum atomic E-state index is -0.690. The molecule has 0 unspecified atom stereocenters. The smallest absolute Gasteiger partial charge is 0.321 e. The number of rotatable bonds is 4. The highest BCUT2D eigenvalue weighted by Crippen LogP contribution is 2.42. The molecule has 0 aromatic heterocycles. The Morgan fingerprint density at radius 2 is 1.77 bits per heavy atom. The first kappa shape index (κ1) is 26.7. The molecule has 2 fully saturated rings. The summed E-state index contributed by atoms with van der Waals surface area (Å²) in [5.74, 6) is 5.15. The second-order valence-corrected chi connectivity index (χ2v) is 9.89. The third kappa shape index (κ3) is 5.90. The third-order valence-electron chi connectivity index (χ3n) is 7.57. The van der Waals surface area contributed by atoms with Crippen LogP contribution in [0.1, 0.15) is 35.4 Å². The number of halogens is 2. The van der Waals surface area contributed by atoms with Crippen LogP contribution in [0.25, 0.3) is 0 Å². The standard InChI is InChI=1S/C31H31F2N3O3/c1-39-26-14-12-25(13-15-26)34-31(38)35-16-2-3-17-36-28(19-35)30(29(36)20-37)23-8-5-21(6-9-23)4-7-22-10-11-24(32)18-27(22)33/h5-6,8-15,18,28-30,37H,2-3,16-17,19-20H2,1H3,(H,34,38)/t28-,29+,30+/m0/s1. The number of fused-ring (bicyclic) bond motifs is 1. The Morgan fingerprint density at radius 3 is 2.46 bits per heavy atom. The number of aliphatic hydroxyl groups excluding tert-OH is 1. The van der Waals surface area contributed by atoms with Gasteiger partial charge < -0.3 is 20.1 Å². The zero-order valence-corrected chi connectivity index (χ0v) is 21.7. The highest BCUT2D eigenvalue weighted by molar-refractivity contribution is 5.89. The molecule has 202 valence electrons. The van der Waals surface area contributed by atoms with E-state index in [1.54, 1.807) is 7.11 Å². The zero-order valence-electron chi connectivity index (χ0n) is 21.7. The first-order valence-corrected chi connectivity index (χ1v) is 13.1. The summed E-state index contributed by atoms with van der Waals surface area (Å²) in [6.45, 7) is 2.13. The summed E-state index contributed by atoms with van der Waals surface area (Å²) in [5, 5.41) is 13.2. The number of carbonyl (C=O) groups is 1. The molecule has 2 aliphatic rings. The third-order valence-corrected chi connectivity index (χ3v) is 7.57. The number of benzene rings is 3. The van der Waals surface area contributed by atoms with Crippen molar-refractivity contribution in [3.63, 3.8) is 0 Å². The Kier molecular flexibility index (Phi) is 8.10. The lowest BCUT2D eigenvalue weighted by Gasteiger charge is -2.57. The molecule has 6 nitrogen and oxygen atoms in total. The number of amides is 2. The molecule has 0 saturated carbocycles. The van der Waals surface area contributed by atoms with Gasteiger partial charge in [-0.3, -0.25) is 4.90 Å². The summed E-state index contributed by atoms with van der Waals surface area (Å²) < 4.78 is 32.3. The van der Waals surface area contributed by atoms with Gasteiger partial charge in [0, 0.05) is 48.4 Å². The molecule has 2 heterocycles. The van der Waals surface area contributed by atoms with E-state index in [1.807, 2.05) is 53.4 Å². The molecular weight excluding hydrogens is 500 g/mol. The van der Waals surface area contributed by atoms with Crippen LogP contribution in [0.5, 0.6) is 5.75 Å². The van der Waals surface area contributed by atoms with Crippen molar-refractivity contribution in [1.82, 2.24) is 9.80 Å². The number of urea groups is 1. The number of methoxy groups -OCH3 is 1. The fourth-order valence-electron chi connectivity index (χ4n) is 5.52. The molecule has 8 heteroatoms. The zero-order chi connectivity index (χ0) is 27.4. The van der Waals surface area contributed by atoms with Crippen LogP contribution in [-0.4, -0.2) is 66.4 Å². The molecule has 0 spiro atoms. The fraction of sp³-hybridized carbons (Fsp3) is 0.323. The topological polar surface area (TPSA) is 65.0 Å². The molecule has 0 radical (unpaired) electrons. The second kappa shape index (κ2) is 11.9. The van der Waals surface area contributed by atoms with Gasteiger partial charge in [-0.25, -0.2) is 13.6 Å². The number of nitrogens with one attached hydrogen (secondary N) is 1. The van der Waals surface area contributed by atoms with Gasteiger partial charge in [0.05, 0.1) is 19.3 Å². The van der Waals surface area contributed by atoms with Gasteiger partial charge in [0.15, 0.2) is 0 Å². The van der Waals surface area contributed by atoms with Crippen LogP contribution >= 0.6 is 0 Å². The molecule has 2 amide bonds. The average Bonchev–Trinajstić information content (AvgIpc) is 2.93. The molecule has 3 aromatic carbocycles. The predicted octanol–water partition coefficient (Wildman–Crippen LogP) is 4.83.